The van der Waals surface area contributed by atoms with Gasteiger partial charge >= 0.3 is 0 Å². The van der Waals surface area contributed by atoms with E-state index in [2.05, 4.69) is 5.32 Å². The van der Waals surface area contributed by atoms with Crippen LogP contribution in [0.25, 0.3) is 6.08 Å². The minimum absolute atomic E-state index is 0.277. The van der Waals surface area contributed by atoms with Gasteiger partial charge in [0.05, 0.1) is 12.1 Å². The molecule has 0 saturated heterocycles. The maximum Gasteiger partial charge on any atom is 0.245 e. The highest BCUT2D eigenvalue weighted by molar-refractivity contribution is 6.10. The monoisotopic (exact) mass is 318 g/mol. The molecule has 120 valence electrons. The standard InChI is InChI=1S/C20H18N2O2/c1-15(17-10-6-3-7-11-17)22-20(24)18(14-21)19(23)13-12-16-8-4-2-5-9-16/h2-13,15,18H,1H3,(H,22,24)/b13-12+/t15-,18+/m0/s1. The van der Waals surface area contributed by atoms with Crippen LogP contribution in [0.1, 0.15) is 24.1 Å². The number of nitrogens with one attached hydrogen (secondary N) is 1. The molecule has 0 aliphatic rings. The lowest BCUT2D eigenvalue weighted by atomic mass is 10.0. The number of allylic oxidation sites excluding steroid dienone is 1. The average Bonchev–Trinajstić information content (AvgIpc) is 2.62. The second-order valence-corrected chi connectivity index (χ2v) is 5.35. The number of benzene rings is 2. The first-order valence-corrected chi connectivity index (χ1v) is 7.63. The third kappa shape index (κ3) is 4.65. The predicted molar refractivity (Wildman–Crippen MR) is 92.6 cm³/mol. The average molecular weight is 318 g/mol. The van der Waals surface area contributed by atoms with Crippen LogP contribution in [0.2, 0.25) is 0 Å². The van der Waals surface area contributed by atoms with Crippen LogP contribution in [0.3, 0.4) is 0 Å². The molecule has 0 saturated carbocycles. The number of carbonyl (C=O) groups excluding carboxylic acids is 2. The van der Waals surface area contributed by atoms with Crippen molar-refractivity contribution in [2.45, 2.75) is 13.0 Å². The topological polar surface area (TPSA) is 70.0 Å². The van der Waals surface area contributed by atoms with E-state index in [1.165, 1.54) is 6.08 Å². The molecule has 0 aromatic heterocycles. The van der Waals surface area contributed by atoms with Gasteiger partial charge in [-0.1, -0.05) is 66.7 Å². The zero-order chi connectivity index (χ0) is 17.4. The van der Waals surface area contributed by atoms with E-state index >= 15 is 0 Å². The number of hydrogen-bond donors (Lipinski definition) is 1. The smallest absolute Gasteiger partial charge is 0.245 e. The first-order valence-electron chi connectivity index (χ1n) is 7.63. The first kappa shape index (κ1) is 17.2. The van der Waals surface area contributed by atoms with Crippen LogP contribution in [0.4, 0.5) is 0 Å². The Labute approximate surface area is 141 Å². The quantitative estimate of drug-likeness (QED) is 0.656. The van der Waals surface area contributed by atoms with Crippen LogP contribution >= 0.6 is 0 Å². The van der Waals surface area contributed by atoms with Gasteiger partial charge in [-0.2, -0.15) is 5.26 Å². The number of carbonyl (C=O) groups is 2. The molecule has 24 heavy (non-hydrogen) atoms. The first-order chi connectivity index (χ1) is 11.6. The largest absolute Gasteiger partial charge is 0.348 e. The van der Waals surface area contributed by atoms with Crippen molar-refractivity contribution in [1.29, 1.82) is 5.26 Å². The molecule has 0 aliphatic carbocycles. The maximum atomic E-state index is 12.2. The fourth-order valence-electron chi connectivity index (χ4n) is 2.21. The highest BCUT2D eigenvalue weighted by Gasteiger charge is 2.25. The fraction of sp³-hybridized carbons (Fsp3) is 0.150. The summed E-state index contributed by atoms with van der Waals surface area (Å²) in [6.07, 6.45) is 2.87. The van der Waals surface area contributed by atoms with Gasteiger partial charge in [0.2, 0.25) is 5.91 Å². The Hall–Kier alpha value is -3.19. The van der Waals surface area contributed by atoms with Gasteiger partial charge in [0, 0.05) is 0 Å². The van der Waals surface area contributed by atoms with Gasteiger partial charge in [-0.25, -0.2) is 0 Å². The summed E-state index contributed by atoms with van der Waals surface area (Å²) < 4.78 is 0. The molecule has 2 rings (SSSR count). The molecule has 1 amide bonds. The molecular weight excluding hydrogens is 300 g/mol. The Morgan fingerprint density at radius 2 is 1.62 bits per heavy atom. The summed E-state index contributed by atoms with van der Waals surface area (Å²) in [5.74, 6) is -2.47. The number of nitrogens with zero attached hydrogens (tertiary/aromatic N) is 1. The Morgan fingerprint density at radius 3 is 2.21 bits per heavy atom. The zero-order valence-corrected chi connectivity index (χ0v) is 13.3. The highest BCUT2D eigenvalue weighted by Crippen LogP contribution is 2.13. The van der Waals surface area contributed by atoms with Crippen molar-refractivity contribution in [3.05, 3.63) is 77.9 Å². The van der Waals surface area contributed by atoms with E-state index in [1.54, 1.807) is 12.1 Å². The lowest BCUT2D eigenvalue weighted by Gasteiger charge is -2.15. The number of nitriles is 1. The second kappa shape index (κ2) is 8.44. The van der Waals surface area contributed by atoms with Crippen LogP contribution in [-0.2, 0) is 9.59 Å². The van der Waals surface area contributed by atoms with Crippen molar-refractivity contribution in [3.63, 3.8) is 0 Å². The van der Waals surface area contributed by atoms with Gasteiger partial charge in [0.1, 0.15) is 0 Å². The SMILES string of the molecule is C[C@H](NC(=O)[C@H](C#N)C(=O)/C=C/c1ccccc1)c1ccccc1. The predicted octanol–water partition coefficient (Wildman–Crippen LogP) is 3.29. The van der Waals surface area contributed by atoms with Crippen molar-refractivity contribution < 1.29 is 9.59 Å². The Morgan fingerprint density at radius 1 is 1.04 bits per heavy atom. The normalized spacial score (nSPS) is 13.0. The number of rotatable bonds is 6. The van der Waals surface area contributed by atoms with Gasteiger partial charge in [-0.3, -0.25) is 9.59 Å². The van der Waals surface area contributed by atoms with Crippen LogP contribution in [0, 0.1) is 17.2 Å². The molecule has 4 heteroatoms. The molecule has 0 bridgehead atoms. The lowest BCUT2D eigenvalue weighted by molar-refractivity contribution is -0.129. The van der Waals surface area contributed by atoms with E-state index in [0.717, 1.165) is 11.1 Å². The third-order valence-corrected chi connectivity index (χ3v) is 3.57. The summed E-state index contributed by atoms with van der Waals surface area (Å²) in [6, 6.07) is 20.1. The zero-order valence-electron chi connectivity index (χ0n) is 13.3. The third-order valence-electron chi connectivity index (χ3n) is 3.57. The van der Waals surface area contributed by atoms with E-state index < -0.39 is 17.6 Å². The Balaban J connectivity index is 2.02. The summed E-state index contributed by atoms with van der Waals surface area (Å²) in [4.78, 5) is 24.4. The summed E-state index contributed by atoms with van der Waals surface area (Å²) in [7, 11) is 0. The molecule has 2 aromatic rings. The minimum Gasteiger partial charge on any atom is -0.348 e. The highest BCUT2D eigenvalue weighted by atomic mass is 16.2. The van der Waals surface area contributed by atoms with E-state index in [-0.39, 0.29) is 6.04 Å². The number of hydrogen-bond acceptors (Lipinski definition) is 3. The van der Waals surface area contributed by atoms with Crippen LogP contribution in [0.5, 0.6) is 0 Å². The van der Waals surface area contributed by atoms with Crippen LogP contribution < -0.4 is 5.32 Å². The molecule has 1 N–H and O–H groups in total. The lowest BCUT2D eigenvalue weighted by Crippen LogP contribution is -2.35. The molecule has 0 fully saturated rings. The van der Waals surface area contributed by atoms with Gasteiger partial charge in [-0.15, -0.1) is 0 Å². The minimum atomic E-state index is -1.35. The maximum absolute atomic E-state index is 12.2. The summed E-state index contributed by atoms with van der Waals surface area (Å²) in [5, 5.41) is 11.9. The van der Waals surface area contributed by atoms with Crippen molar-refractivity contribution in [2.75, 3.05) is 0 Å². The molecule has 0 heterocycles. The second-order valence-electron chi connectivity index (χ2n) is 5.35. The van der Waals surface area contributed by atoms with Crippen molar-refractivity contribution in [3.8, 4) is 6.07 Å². The summed E-state index contributed by atoms with van der Waals surface area (Å²) in [6.45, 7) is 1.81. The van der Waals surface area contributed by atoms with E-state index in [1.807, 2.05) is 67.6 Å². The van der Waals surface area contributed by atoms with Crippen molar-refractivity contribution in [1.82, 2.24) is 5.32 Å². The molecule has 0 spiro atoms. The van der Waals surface area contributed by atoms with E-state index in [9.17, 15) is 14.9 Å². The molecular formula is C20H18N2O2. The van der Waals surface area contributed by atoms with Crippen LogP contribution in [0.15, 0.2) is 66.7 Å². The fourth-order valence-corrected chi connectivity index (χ4v) is 2.21. The van der Waals surface area contributed by atoms with Gasteiger partial charge in [-0.05, 0) is 24.1 Å². The molecule has 0 aliphatic heterocycles. The molecule has 2 atom stereocenters. The van der Waals surface area contributed by atoms with Gasteiger partial charge in [0.15, 0.2) is 11.7 Å². The van der Waals surface area contributed by atoms with Crippen LogP contribution in [-0.4, -0.2) is 11.7 Å². The Kier molecular flexibility index (Phi) is 6.04. The van der Waals surface area contributed by atoms with Gasteiger partial charge < -0.3 is 5.32 Å². The molecule has 4 nitrogen and oxygen atoms in total. The summed E-state index contributed by atoms with van der Waals surface area (Å²) in [5.41, 5.74) is 1.75. The van der Waals surface area contributed by atoms with Crippen molar-refractivity contribution in [2.24, 2.45) is 5.92 Å². The molecule has 2 aromatic carbocycles. The van der Waals surface area contributed by atoms with E-state index in [0.29, 0.717) is 0 Å². The molecule has 0 radical (unpaired) electrons. The van der Waals surface area contributed by atoms with Gasteiger partial charge in [0.25, 0.3) is 0 Å². The van der Waals surface area contributed by atoms with E-state index in [4.69, 9.17) is 0 Å². The Bertz CT molecular complexity index is 761. The summed E-state index contributed by atoms with van der Waals surface area (Å²) >= 11 is 0. The number of ketones is 1. The van der Waals surface area contributed by atoms with Crippen molar-refractivity contribution >= 4 is 17.8 Å². The molecule has 0 unspecified atom stereocenters. The number of amides is 1.